The molecule has 1 aromatic carbocycles. The molecule has 1 amide bonds. The highest BCUT2D eigenvalue weighted by Crippen LogP contribution is 2.31. The molecular formula is C28H38FN5O3. The minimum atomic E-state index is -0.252. The maximum absolute atomic E-state index is 13.8. The van der Waals surface area contributed by atoms with Crippen molar-refractivity contribution in [2.75, 3.05) is 64.0 Å². The van der Waals surface area contributed by atoms with Gasteiger partial charge in [-0.15, -0.1) is 0 Å². The van der Waals surface area contributed by atoms with Crippen molar-refractivity contribution in [2.24, 2.45) is 0 Å². The van der Waals surface area contributed by atoms with E-state index in [0.717, 1.165) is 62.6 Å². The number of carbonyl (C=O) groups is 1. The molecule has 37 heavy (non-hydrogen) atoms. The van der Waals surface area contributed by atoms with Crippen LogP contribution in [-0.2, 0) is 16.0 Å². The maximum atomic E-state index is 13.8. The molecule has 3 atom stereocenters. The third kappa shape index (κ3) is 6.46. The van der Waals surface area contributed by atoms with Crippen LogP contribution in [0.5, 0.6) is 5.88 Å². The number of amides is 1. The van der Waals surface area contributed by atoms with E-state index in [0.29, 0.717) is 44.1 Å². The number of halogens is 1. The number of hydrogen-bond acceptors (Lipinski definition) is 7. The Labute approximate surface area is 218 Å². The molecule has 8 nitrogen and oxygen atoms in total. The Morgan fingerprint density at radius 3 is 2.78 bits per heavy atom. The van der Waals surface area contributed by atoms with Crippen LogP contribution >= 0.6 is 0 Å². The van der Waals surface area contributed by atoms with Gasteiger partial charge in [0, 0.05) is 57.0 Å². The van der Waals surface area contributed by atoms with Crippen LogP contribution in [0.25, 0.3) is 0 Å². The number of rotatable bonds is 6. The molecule has 0 bridgehead atoms. The van der Waals surface area contributed by atoms with Gasteiger partial charge in [0.25, 0.3) is 0 Å². The second-order valence-corrected chi connectivity index (χ2v) is 10.5. The van der Waals surface area contributed by atoms with Gasteiger partial charge < -0.3 is 19.7 Å². The van der Waals surface area contributed by atoms with Gasteiger partial charge in [0.2, 0.25) is 11.8 Å². The number of anilines is 1. The standard InChI is InChI=1S/C28H38FN5O3/c1-20-16-33(25(15-30-20)17-32-9-11-36-19-21(32)2)18-27(35)34-8-3-10-37-28-26(34)13-23(14-31-28)12-22-4-6-24(29)7-5-22/h4-7,13-14,20-21,25,30H,3,8-12,15-19H2,1-2H3/t20-,21-,25-/m1/s1. The molecule has 4 heterocycles. The van der Waals surface area contributed by atoms with E-state index in [2.05, 4.69) is 33.9 Å². The molecule has 1 aromatic heterocycles. The van der Waals surface area contributed by atoms with Crippen molar-refractivity contribution in [2.45, 2.75) is 44.8 Å². The van der Waals surface area contributed by atoms with Crippen LogP contribution in [0.2, 0.25) is 0 Å². The quantitative estimate of drug-likeness (QED) is 0.638. The van der Waals surface area contributed by atoms with Gasteiger partial charge in [-0.2, -0.15) is 0 Å². The fraction of sp³-hybridized carbons (Fsp3) is 0.571. The van der Waals surface area contributed by atoms with Gasteiger partial charge in [-0.25, -0.2) is 9.37 Å². The lowest BCUT2D eigenvalue weighted by molar-refractivity contribution is -0.121. The molecule has 2 saturated heterocycles. The maximum Gasteiger partial charge on any atom is 0.241 e. The first-order chi connectivity index (χ1) is 18.0. The number of nitrogens with one attached hydrogen (secondary N) is 1. The average molecular weight is 512 g/mol. The van der Waals surface area contributed by atoms with Crippen LogP contribution in [0.15, 0.2) is 36.5 Å². The summed E-state index contributed by atoms with van der Waals surface area (Å²) in [6, 6.07) is 9.46. The van der Waals surface area contributed by atoms with Crippen molar-refractivity contribution in [1.29, 1.82) is 0 Å². The van der Waals surface area contributed by atoms with Crippen molar-refractivity contribution >= 4 is 11.6 Å². The molecule has 0 saturated carbocycles. The summed E-state index contributed by atoms with van der Waals surface area (Å²) in [5.41, 5.74) is 2.68. The molecule has 9 heteroatoms. The molecule has 3 aliphatic heterocycles. The average Bonchev–Trinajstić information content (AvgIpc) is 3.10. The van der Waals surface area contributed by atoms with E-state index < -0.39 is 0 Å². The summed E-state index contributed by atoms with van der Waals surface area (Å²) in [5.74, 6) is 0.320. The van der Waals surface area contributed by atoms with E-state index in [1.54, 1.807) is 18.3 Å². The fourth-order valence-corrected chi connectivity index (χ4v) is 5.46. The van der Waals surface area contributed by atoms with Crippen LogP contribution in [-0.4, -0.2) is 97.9 Å². The molecule has 3 aliphatic rings. The normalized spacial score (nSPS) is 25.3. The first kappa shape index (κ1) is 26.0. The third-order valence-corrected chi connectivity index (χ3v) is 7.58. The topological polar surface area (TPSA) is 70.2 Å². The molecule has 5 rings (SSSR count). The molecule has 0 radical (unpaired) electrons. The van der Waals surface area contributed by atoms with E-state index in [-0.39, 0.29) is 17.8 Å². The number of morpholine rings is 1. The van der Waals surface area contributed by atoms with Crippen LogP contribution in [0.3, 0.4) is 0 Å². The van der Waals surface area contributed by atoms with Crippen LogP contribution in [0.4, 0.5) is 10.1 Å². The minimum Gasteiger partial charge on any atom is -0.476 e. The summed E-state index contributed by atoms with van der Waals surface area (Å²) >= 11 is 0. The van der Waals surface area contributed by atoms with Gasteiger partial charge in [-0.3, -0.25) is 14.6 Å². The number of carbonyl (C=O) groups excluding carboxylic acids is 1. The number of fused-ring (bicyclic) bond motifs is 1. The lowest BCUT2D eigenvalue weighted by Gasteiger charge is -2.43. The van der Waals surface area contributed by atoms with Gasteiger partial charge in [-0.1, -0.05) is 12.1 Å². The first-order valence-electron chi connectivity index (χ1n) is 13.4. The highest BCUT2D eigenvalue weighted by atomic mass is 19.1. The van der Waals surface area contributed by atoms with Crippen LogP contribution in [0.1, 0.15) is 31.4 Å². The number of nitrogens with zero attached hydrogens (tertiary/aromatic N) is 4. The van der Waals surface area contributed by atoms with Gasteiger partial charge in [0.1, 0.15) is 11.5 Å². The number of pyridine rings is 1. The Hall–Kier alpha value is -2.59. The molecule has 1 N–H and O–H groups in total. The van der Waals surface area contributed by atoms with Crippen molar-refractivity contribution < 1.29 is 18.7 Å². The van der Waals surface area contributed by atoms with Crippen LogP contribution < -0.4 is 15.0 Å². The van der Waals surface area contributed by atoms with Crippen LogP contribution in [0, 0.1) is 5.82 Å². The zero-order valence-electron chi connectivity index (χ0n) is 21.9. The number of piperazine rings is 1. The Balaban J connectivity index is 1.32. The smallest absolute Gasteiger partial charge is 0.241 e. The zero-order valence-corrected chi connectivity index (χ0v) is 21.9. The number of ether oxygens (including phenoxy) is 2. The van der Waals surface area contributed by atoms with Crippen molar-refractivity contribution in [3.05, 3.63) is 53.5 Å². The van der Waals surface area contributed by atoms with Crippen molar-refractivity contribution in [3.63, 3.8) is 0 Å². The summed E-state index contributed by atoms with van der Waals surface area (Å²) in [4.78, 5) is 25.0. The highest BCUT2D eigenvalue weighted by molar-refractivity contribution is 5.96. The summed E-state index contributed by atoms with van der Waals surface area (Å²) in [7, 11) is 0. The van der Waals surface area contributed by atoms with Gasteiger partial charge >= 0.3 is 0 Å². The number of benzene rings is 1. The Morgan fingerprint density at radius 2 is 1.97 bits per heavy atom. The van der Waals surface area contributed by atoms with Gasteiger partial charge in [0.15, 0.2) is 0 Å². The minimum absolute atomic E-state index is 0.0709. The van der Waals surface area contributed by atoms with E-state index in [1.165, 1.54) is 12.1 Å². The van der Waals surface area contributed by atoms with Gasteiger partial charge in [-0.05, 0) is 56.0 Å². The summed E-state index contributed by atoms with van der Waals surface area (Å²) < 4.78 is 24.9. The molecular weight excluding hydrogens is 473 g/mol. The predicted octanol–water partition coefficient (Wildman–Crippen LogP) is 2.31. The zero-order chi connectivity index (χ0) is 25.8. The molecule has 0 unspecified atom stereocenters. The molecule has 0 spiro atoms. The van der Waals surface area contributed by atoms with E-state index in [1.807, 2.05) is 11.0 Å². The second-order valence-electron chi connectivity index (χ2n) is 10.5. The lowest BCUT2D eigenvalue weighted by Crippen LogP contribution is -2.62. The fourth-order valence-electron chi connectivity index (χ4n) is 5.46. The monoisotopic (exact) mass is 511 g/mol. The van der Waals surface area contributed by atoms with E-state index >= 15 is 0 Å². The number of aromatic nitrogens is 1. The molecule has 0 aliphatic carbocycles. The largest absolute Gasteiger partial charge is 0.476 e. The third-order valence-electron chi connectivity index (χ3n) is 7.58. The van der Waals surface area contributed by atoms with Gasteiger partial charge in [0.05, 0.1) is 26.4 Å². The summed E-state index contributed by atoms with van der Waals surface area (Å²) in [6.07, 6.45) is 3.15. The van der Waals surface area contributed by atoms with Crippen molar-refractivity contribution in [1.82, 2.24) is 20.1 Å². The lowest BCUT2D eigenvalue weighted by atomic mass is 10.1. The molecule has 2 fully saturated rings. The second kappa shape index (κ2) is 11.9. The molecule has 200 valence electrons. The van der Waals surface area contributed by atoms with E-state index in [9.17, 15) is 9.18 Å². The number of hydrogen-bond donors (Lipinski definition) is 1. The Morgan fingerprint density at radius 1 is 1.14 bits per heavy atom. The first-order valence-corrected chi connectivity index (χ1v) is 13.4. The SMILES string of the molecule is C[C@@H]1CN(CC(=O)N2CCCOc3ncc(Cc4ccc(F)cc4)cc32)[C@@H](CN2CCOC[C@H]2C)CN1. The van der Waals surface area contributed by atoms with Crippen molar-refractivity contribution in [3.8, 4) is 5.88 Å². The summed E-state index contributed by atoms with van der Waals surface area (Å²) in [5, 5.41) is 3.60. The summed E-state index contributed by atoms with van der Waals surface area (Å²) in [6.45, 7) is 10.9. The molecule has 2 aromatic rings. The Kier molecular flexibility index (Phi) is 8.34. The Bertz CT molecular complexity index is 1070. The highest BCUT2D eigenvalue weighted by Gasteiger charge is 2.33. The predicted molar refractivity (Wildman–Crippen MR) is 141 cm³/mol. The van der Waals surface area contributed by atoms with E-state index in [4.69, 9.17) is 9.47 Å².